The van der Waals surface area contributed by atoms with Crippen molar-refractivity contribution in [3.63, 3.8) is 0 Å². The molecule has 2 aromatic rings. The molecule has 0 bridgehead atoms. The number of hydrogen-bond acceptors (Lipinski definition) is 4. The third-order valence-corrected chi connectivity index (χ3v) is 6.53. The lowest BCUT2D eigenvalue weighted by atomic mass is 9.90. The third kappa shape index (κ3) is 3.63. The number of halogens is 1. The molecule has 2 unspecified atom stereocenters. The van der Waals surface area contributed by atoms with Crippen LogP contribution in [-0.2, 0) is 17.6 Å². The van der Waals surface area contributed by atoms with E-state index in [0.29, 0.717) is 19.3 Å². The lowest BCUT2D eigenvalue weighted by molar-refractivity contribution is -0.0415. The van der Waals surface area contributed by atoms with Crippen LogP contribution in [0.4, 0.5) is 0 Å². The fraction of sp³-hybridized carbons (Fsp3) is 0.524. The standard InChI is InChI=1S/C21H26BrN3O3/c1-13-6-4-7-14-15(13)12-16(23-21(14)27)20-19(22)17(8-5-10-26)25(24-20)18-9-2-3-11-28-18/h4,6-7,16,18,26H,2-3,5,8-12H2,1H3,(H,23,27). The van der Waals surface area contributed by atoms with E-state index in [1.807, 2.05) is 29.8 Å². The van der Waals surface area contributed by atoms with Crippen LogP contribution in [0.2, 0.25) is 0 Å². The molecule has 1 aromatic carbocycles. The van der Waals surface area contributed by atoms with Gasteiger partial charge in [-0.05, 0) is 78.6 Å². The van der Waals surface area contributed by atoms with Crippen LogP contribution in [-0.4, -0.2) is 34.0 Å². The topological polar surface area (TPSA) is 76.4 Å². The molecular formula is C21H26BrN3O3. The molecule has 3 heterocycles. The number of nitrogens with zero attached hydrogens (tertiary/aromatic N) is 2. The van der Waals surface area contributed by atoms with Crippen molar-refractivity contribution in [2.24, 2.45) is 0 Å². The van der Waals surface area contributed by atoms with Gasteiger partial charge in [-0.1, -0.05) is 12.1 Å². The Hall–Kier alpha value is -1.70. The summed E-state index contributed by atoms with van der Waals surface area (Å²) in [5.74, 6) is -0.0535. The Morgan fingerprint density at radius 3 is 3.00 bits per heavy atom. The number of carbonyl (C=O) groups is 1. The number of ether oxygens (including phenoxy) is 1. The molecule has 1 saturated heterocycles. The van der Waals surface area contributed by atoms with Crippen molar-refractivity contribution in [3.05, 3.63) is 50.8 Å². The average molecular weight is 448 g/mol. The molecule has 150 valence electrons. The number of carbonyl (C=O) groups excluding carboxylic acids is 1. The van der Waals surface area contributed by atoms with Gasteiger partial charge in [0.2, 0.25) is 0 Å². The molecule has 1 aromatic heterocycles. The Bertz CT molecular complexity index is 874. The molecule has 2 atom stereocenters. The number of rotatable bonds is 5. The quantitative estimate of drug-likeness (QED) is 0.733. The van der Waals surface area contributed by atoms with E-state index >= 15 is 0 Å². The first-order valence-electron chi connectivity index (χ1n) is 9.98. The number of hydrogen-bond donors (Lipinski definition) is 2. The maximum absolute atomic E-state index is 12.7. The molecule has 0 spiro atoms. The molecule has 6 nitrogen and oxygen atoms in total. The van der Waals surface area contributed by atoms with Gasteiger partial charge in [0.15, 0.2) is 6.23 Å². The molecule has 2 N–H and O–H groups in total. The SMILES string of the molecule is Cc1cccc2c1CC(c1nn(C3CCCCO3)c(CCCO)c1Br)NC2=O. The van der Waals surface area contributed by atoms with E-state index in [-0.39, 0.29) is 24.8 Å². The van der Waals surface area contributed by atoms with Gasteiger partial charge in [-0.3, -0.25) is 4.79 Å². The van der Waals surface area contributed by atoms with Crippen LogP contribution in [0.3, 0.4) is 0 Å². The van der Waals surface area contributed by atoms with E-state index in [1.165, 1.54) is 0 Å². The minimum absolute atomic E-state index is 0.0535. The van der Waals surface area contributed by atoms with Crippen molar-refractivity contribution in [1.82, 2.24) is 15.1 Å². The highest BCUT2D eigenvalue weighted by Crippen LogP contribution is 2.36. The molecule has 0 saturated carbocycles. The van der Waals surface area contributed by atoms with E-state index in [0.717, 1.165) is 58.4 Å². The van der Waals surface area contributed by atoms with Crippen molar-refractivity contribution in [1.29, 1.82) is 0 Å². The summed E-state index contributed by atoms with van der Waals surface area (Å²) in [4.78, 5) is 12.7. The maximum atomic E-state index is 12.7. The van der Waals surface area contributed by atoms with E-state index in [1.54, 1.807) is 0 Å². The highest BCUT2D eigenvalue weighted by molar-refractivity contribution is 9.10. The van der Waals surface area contributed by atoms with Crippen molar-refractivity contribution in [3.8, 4) is 0 Å². The van der Waals surface area contributed by atoms with Gasteiger partial charge in [0.25, 0.3) is 5.91 Å². The van der Waals surface area contributed by atoms with E-state index in [4.69, 9.17) is 9.84 Å². The lowest BCUT2D eigenvalue weighted by Gasteiger charge is -2.26. The van der Waals surface area contributed by atoms with Gasteiger partial charge in [0, 0.05) is 18.8 Å². The van der Waals surface area contributed by atoms with Gasteiger partial charge in [-0.15, -0.1) is 0 Å². The largest absolute Gasteiger partial charge is 0.396 e. The fourth-order valence-corrected chi connectivity index (χ4v) is 4.89. The normalized spacial score (nSPS) is 22.0. The third-order valence-electron chi connectivity index (χ3n) is 5.67. The first-order valence-corrected chi connectivity index (χ1v) is 10.8. The molecule has 2 aliphatic heterocycles. The number of aryl methyl sites for hydroxylation is 1. The minimum Gasteiger partial charge on any atom is -0.396 e. The first kappa shape index (κ1) is 19.6. The average Bonchev–Trinajstić information content (AvgIpc) is 3.04. The van der Waals surface area contributed by atoms with Crippen molar-refractivity contribution < 1.29 is 14.6 Å². The summed E-state index contributed by atoms with van der Waals surface area (Å²) in [6.45, 7) is 2.92. The van der Waals surface area contributed by atoms with Crippen molar-refractivity contribution in [2.45, 2.75) is 57.7 Å². The van der Waals surface area contributed by atoms with Gasteiger partial charge >= 0.3 is 0 Å². The second-order valence-electron chi connectivity index (χ2n) is 7.57. The highest BCUT2D eigenvalue weighted by atomic mass is 79.9. The molecule has 1 fully saturated rings. The molecule has 1 amide bonds. The lowest BCUT2D eigenvalue weighted by Crippen LogP contribution is -2.36. The van der Waals surface area contributed by atoms with Crippen LogP contribution in [0.1, 0.15) is 70.8 Å². The van der Waals surface area contributed by atoms with Gasteiger partial charge in [0.05, 0.1) is 21.9 Å². The Balaban J connectivity index is 1.70. The summed E-state index contributed by atoms with van der Waals surface area (Å²) >= 11 is 3.74. The maximum Gasteiger partial charge on any atom is 0.252 e. The number of aromatic nitrogens is 2. The fourth-order valence-electron chi connectivity index (χ4n) is 4.16. The van der Waals surface area contributed by atoms with Crippen LogP contribution in [0, 0.1) is 6.92 Å². The number of nitrogens with one attached hydrogen (secondary N) is 1. The zero-order chi connectivity index (χ0) is 19.7. The Morgan fingerprint density at radius 2 is 2.25 bits per heavy atom. The van der Waals surface area contributed by atoms with Crippen LogP contribution in [0.25, 0.3) is 0 Å². The molecule has 0 radical (unpaired) electrons. The number of fused-ring (bicyclic) bond motifs is 1. The Kier molecular flexibility index (Phi) is 5.85. The molecular weight excluding hydrogens is 422 g/mol. The zero-order valence-corrected chi connectivity index (χ0v) is 17.7. The molecule has 28 heavy (non-hydrogen) atoms. The van der Waals surface area contributed by atoms with Crippen molar-refractivity contribution >= 4 is 21.8 Å². The number of amides is 1. The minimum atomic E-state index is -0.187. The number of aliphatic hydroxyl groups excluding tert-OH is 1. The van der Waals surface area contributed by atoms with Gasteiger partial charge < -0.3 is 15.2 Å². The summed E-state index contributed by atoms with van der Waals surface area (Å²) in [6.07, 6.45) is 5.12. The summed E-state index contributed by atoms with van der Waals surface area (Å²) in [5.41, 5.74) is 4.83. The summed E-state index contributed by atoms with van der Waals surface area (Å²) in [7, 11) is 0. The smallest absolute Gasteiger partial charge is 0.252 e. The predicted octanol–water partition coefficient (Wildman–Crippen LogP) is 3.61. The number of benzene rings is 1. The van der Waals surface area contributed by atoms with E-state index in [9.17, 15) is 9.90 Å². The molecule has 2 aliphatic rings. The van der Waals surface area contributed by atoms with Crippen LogP contribution >= 0.6 is 15.9 Å². The van der Waals surface area contributed by atoms with Gasteiger partial charge in [0.1, 0.15) is 0 Å². The predicted molar refractivity (Wildman–Crippen MR) is 109 cm³/mol. The van der Waals surface area contributed by atoms with Crippen LogP contribution in [0.5, 0.6) is 0 Å². The Labute approximate surface area is 173 Å². The molecule has 7 heteroatoms. The molecule has 4 rings (SSSR count). The van der Waals surface area contributed by atoms with Gasteiger partial charge in [-0.2, -0.15) is 5.10 Å². The zero-order valence-electron chi connectivity index (χ0n) is 16.1. The summed E-state index contributed by atoms with van der Waals surface area (Å²) in [6, 6.07) is 5.66. The van der Waals surface area contributed by atoms with Crippen molar-refractivity contribution in [2.75, 3.05) is 13.2 Å². The summed E-state index contributed by atoms with van der Waals surface area (Å²) in [5, 5.41) is 17.3. The first-order chi connectivity index (χ1) is 13.6. The highest BCUT2D eigenvalue weighted by Gasteiger charge is 2.32. The monoisotopic (exact) mass is 447 g/mol. The van der Waals surface area contributed by atoms with Gasteiger partial charge in [-0.25, -0.2) is 4.68 Å². The molecule has 0 aliphatic carbocycles. The van der Waals surface area contributed by atoms with E-state index < -0.39 is 0 Å². The summed E-state index contributed by atoms with van der Waals surface area (Å²) < 4.78 is 8.85. The van der Waals surface area contributed by atoms with Crippen LogP contribution in [0.15, 0.2) is 22.7 Å². The second kappa shape index (κ2) is 8.35. The Morgan fingerprint density at radius 1 is 1.39 bits per heavy atom. The van der Waals surface area contributed by atoms with E-state index in [2.05, 4.69) is 21.2 Å². The second-order valence-corrected chi connectivity index (χ2v) is 8.36. The number of aliphatic hydroxyl groups is 1. The van der Waals surface area contributed by atoms with Crippen LogP contribution < -0.4 is 5.32 Å².